The molecule has 16 heavy (non-hydrogen) atoms. The molecular formula is C7H2Br2F5NO. The Kier molecular flexibility index (Phi) is 4.11. The molecule has 0 unspecified atom stereocenters. The number of aromatic nitrogens is 1. The molecule has 1 rings (SSSR count). The first-order valence-corrected chi connectivity index (χ1v) is 5.19. The topological polar surface area (TPSA) is 22.1 Å². The van der Waals surface area contributed by atoms with E-state index in [9.17, 15) is 22.0 Å². The average Bonchev–Trinajstić information content (AvgIpc) is 2.07. The largest absolute Gasteiger partial charge is 0.573 e. The summed E-state index contributed by atoms with van der Waals surface area (Å²) >= 11 is 5.47. The maximum absolute atomic E-state index is 12.4. The van der Waals surface area contributed by atoms with Gasteiger partial charge < -0.3 is 4.74 Å². The summed E-state index contributed by atoms with van der Waals surface area (Å²) in [6, 6.07) is 1.08. The molecule has 0 bridgehead atoms. The Hall–Kier alpha value is -0.440. The zero-order chi connectivity index (χ0) is 12.5. The number of hydrogen-bond acceptors (Lipinski definition) is 2. The van der Waals surface area contributed by atoms with Crippen LogP contribution in [0, 0.1) is 0 Å². The van der Waals surface area contributed by atoms with Crippen LogP contribution in [0.15, 0.2) is 15.1 Å². The van der Waals surface area contributed by atoms with E-state index in [0.717, 1.165) is 6.07 Å². The van der Waals surface area contributed by atoms with Crippen molar-refractivity contribution in [1.29, 1.82) is 0 Å². The van der Waals surface area contributed by atoms with Gasteiger partial charge in [-0.1, -0.05) is 0 Å². The molecule has 90 valence electrons. The lowest BCUT2D eigenvalue weighted by Gasteiger charge is -2.14. The maximum Gasteiger partial charge on any atom is 0.573 e. The van der Waals surface area contributed by atoms with Crippen molar-refractivity contribution in [2.75, 3.05) is 0 Å². The summed E-state index contributed by atoms with van der Waals surface area (Å²) in [6.07, 6.45) is -8.23. The zero-order valence-corrected chi connectivity index (χ0v) is 10.3. The first-order valence-electron chi connectivity index (χ1n) is 3.60. The predicted molar refractivity (Wildman–Crippen MR) is 51.3 cm³/mol. The molecule has 0 atom stereocenters. The molecule has 0 aliphatic carbocycles. The fourth-order valence-electron chi connectivity index (χ4n) is 0.855. The van der Waals surface area contributed by atoms with Crippen LogP contribution in [-0.2, 0) is 0 Å². The molecule has 2 nitrogen and oxygen atoms in total. The van der Waals surface area contributed by atoms with Gasteiger partial charge in [0.1, 0.15) is 4.60 Å². The van der Waals surface area contributed by atoms with Crippen molar-refractivity contribution in [1.82, 2.24) is 4.98 Å². The van der Waals surface area contributed by atoms with Crippen molar-refractivity contribution in [2.45, 2.75) is 12.8 Å². The lowest BCUT2D eigenvalue weighted by Crippen LogP contribution is -2.19. The number of alkyl halides is 5. The number of ether oxygens (including phenoxy) is 1. The number of nitrogens with zero attached hydrogens (tertiary/aromatic N) is 1. The van der Waals surface area contributed by atoms with E-state index in [1.807, 2.05) is 0 Å². The summed E-state index contributed by atoms with van der Waals surface area (Å²) in [7, 11) is 0. The highest BCUT2D eigenvalue weighted by Gasteiger charge is 2.35. The number of halogens is 7. The molecule has 0 saturated heterocycles. The first-order chi connectivity index (χ1) is 7.20. The van der Waals surface area contributed by atoms with Gasteiger partial charge in [-0.05, 0) is 37.9 Å². The lowest BCUT2D eigenvalue weighted by molar-refractivity contribution is -0.275. The Bertz CT molecular complexity index is 395. The van der Waals surface area contributed by atoms with Gasteiger partial charge in [0.05, 0.1) is 4.47 Å². The Balaban J connectivity index is 3.25. The predicted octanol–water partition coefficient (Wildman–Crippen LogP) is 4.44. The van der Waals surface area contributed by atoms with Gasteiger partial charge >= 0.3 is 6.36 Å². The average molecular weight is 371 g/mol. The second kappa shape index (κ2) is 4.82. The lowest BCUT2D eigenvalue weighted by atomic mass is 10.3. The van der Waals surface area contributed by atoms with Gasteiger partial charge in [0, 0.05) is 0 Å². The Labute approximate surface area is 103 Å². The highest BCUT2D eigenvalue weighted by atomic mass is 79.9. The molecule has 0 saturated carbocycles. The molecule has 0 aliphatic rings. The van der Waals surface area contributed by atoms with Crippen LogP contribution in [0.25, 0.3) is 0 Å². The van der Waals surface area contributed by atoms with E-state index in [0.29, 0.717) is 0 Å². The number of rotatable bonds is 2. The molecular weight excluding hydrogens is 369 g/mol. The van der Waals surface area contributed by atoms with Crippen LogP contribution in [-0.4, -0.2) is 11.3 Å². The van der Waals surface area contributed by atoms with Gasteiger partial charge in [-0.2, -0.15) is 0 Å². The zero-order valence-electron chi connectivity index (χ0n) is 7.16. The van der Waals surface area contributed by atoms with Crippen molar-refractivity contribution >= 4 is 31.9 Å². The summed E-state index contributed by atoms with van der Waals surface area (Å²) in [5.41, 5.74) is -1.08. The smallest absolute Gasteiger partial charge is 0.402 e. The highest BCUT2D eigenvalue weighted by molar-refractivity contribution is 9.11. The van der Waals surface area contributed by atoms with E-state index in [4.69, 9.17) is 0 Å². The molecule has 1 heterocycles. The molecule has 1 aromatic heterocycles. The van der Waals surface area contributed by atoms with Gasteiger partial charge in [-0.15, -0.1) is 13.2 Å². The molecule has 0 N–H and O–H groups in total. The van der Waals surface area contributed by atoms with Gasteiger partial charge in [-0.3, -0.25) is 0 Å². The van der Waals surface area contributed by atoms with Gasteiger partial charge in [0.25, 0.3) is 6.43 Å². The fourth-order valence-corrected chi connectivity index (χ4v) is 2.08. The van der Waals surface area contributed by atoms with Gasteiger partial charge in [0.15, 0.2) is 11.4 Å². The monoisotopic (exact) mass is 369 g/mol. The minimum absolute atomic E-state index is 0.0239. The normalized spacial score (nSPS) is 12.0. The summed E-state index contributed by atoms with van der Waals surface area (Å²) in [6.45, 7) is 0. The SMILES string of the molecule is FC(F)c1nc(Br)cc(Br)c1OC(F)(F)F. The molecule has 0 aromatic carbocycles. The van der Waals surface area contributed by atoms with Gasteiger partial charge in [-0.25, -0.2) is 13.8 Å². The fraction of sp³-hybridized carbons (Fsp3) is 0.286. The molecule has 0 radical (unpaired) electrons. The van der Waals surface area contributed by atoms with Crippen LogP contribution in [0.4, 0.5) is 22.0 Å². The molecule has 0 aliphatic heterocycles. The van der Waals surface area contributed by atoms with E-state index in [1.54, 1.807) is 0 Å². The van der Waals surface area contributed by atoms with Crippen LogP contribution in [0.1, 0.15) is 12.1 Å². The number of pyridine rings is 1. The van der Waals surface area contributed by atoms with Crippen molar-refractivity contribution in [2.24, 2.45) is 0 Å². The first kappa shape index (κ1) is 13.6. The quantitative estimate of drug-likeness (QED) is 0.567. The standard InChI is InChI=1S/C7H2Br2F5NO/c8-2-1-3(9)15-4(6(10)11)5(2)16-7(12,13)14/h1,6H. The summed E-state index contributed by atoms with van der Waals surface area (Å²) in [5, 5.41) is 0. The number of hydrogen-bond donors (Lipinski definition) is 0. The molecule has 1 aromatic rings. The minimum Gasteiger partial charge on any atom is -0.402 e. The van der Waals surface area contributed by atoms with E-state index in [1.165, 1.54) is 0 Å². The van der Waals surface area contributed by atoms with Crippen molar-refractivity contribution in [3.63, 3.8) is 0 Å². The third-order valence-corrected chi connectivity index (χ3v) is 2.34. The van der Waals surface area contributed by atoms with E-state index < -0.39 is 24.2 Å². The van der Waals surface area contributed by atoms with Crippen LogP contribution in [0.5, 0.6) is 5.75 Å². The second-order valence-corrected chi connectivity index (χ2v) is 4.16. The molecule has 0 fully saturated rings. The van der Waals surface area contributed by atoms with Crippen LogP contribution >= 0.6 is 31.9 Å². The Morgan fingerprint density at radius 1 is 1.25 bits per heavy atom. The minimum atomic E-state index is -5.05. The maximum atomic E-state index is 12.4. The van der Waals surface area contributed by atoms with Crippen molar-refractivity contribution in [3.05, 3.63) is 20.8 Å². The Morgan fingerprint density at radius 3 is 2.25 bits per heavy atom. The van der Waals surface area contributed by atoms with Crippen LogP contribution in [0.3, 0.4) is 0 Å². The van der Waals surface area contributed by atoms with E-state index >= 15 is 0 Å². The molecule has 9 heteroatoms. The van der Waals surface area contributed by atoms with Gasteiger partial charge in [0.2, 0.25) is 0 Å². The van der Waals surface area contributed by atoms with Crippen molar-refractivity contribution in [3.8, 4) is 5.75 Å². The second-order valence-electron chi connectivity index (χ2n) is 2.49. The molecule has 0 amide bonds. The van der Waals surface area contributed by atoms with Crippen LogP contribution in [0.2, 0.25) is 0 Å². The highest BCUT2D eigenvalue weighted by Crippen LogP contribution is 2.38. The summed E-state index contributed by atoms with van der Waals surface area (Å²) < 4.78 is 63.8. The third kappa shape index (κ3) is 3.55. The Morgan fingerprint density at radius 2 is 1.81 bits per heavy atom. The third-order valence-electron chi connectivity index (χ3n) is 1.35. The van der Waals surface area contributed by atoms with E-state index in [-0.39, 0.29) is 9.08 Å². The van der Waals surface area contributed by atoms with Crippen LogP contribution < -0.4 is 4.74 Å². The summed E-state index contributed by atoms with van der Waals surface area (Å²) in [5.74, 6) is -1.04. The van der Waals surface area contributed by atoms with E-state index in [2.05, 4.69) is 41.6 Å². The van der Waals surface area contributed by atoms with Crippen molar-refractivity contribution < 1.29 is 26.7 Å². The summed E-state index contributed by atoms with van der Waals surface area (Å²) in [4.78, 5) is 3.23. The molecule has 0 spiro atoms.